The number of nitrogens with one attached hydrogen (secondary N) is 2. The maximum absolute atomic E-state index is 13.7. The van der Waals surface area contributed by atoms with Gasteiger partial charge in [-0.3, -0.25) is 23.5 Å². The molecule has 6 N–H and O–H groups in total. The third-order valence-corrected chi connectivity index (χ3v) is 9.52. The lowest BCUT2D eigenvalue weighted by molar-refractivity contribution is -0.192. The van der Waals surface area contributed by atoms with Crippen LogP contribution in [0.3, 0.4) is 0 Å². The predicted molar refractivity (Wildman–Crippen MR) is 174 cm³/mol. The Bertz CT molecular complexity index is 1450. The van der Waals surface area contributed by atoms with Crippen LogP contribution in [0.1, 0.15) is 63.9 Å². The van der Waals surface area contributed by atoms with E-state index in [0.717, 1.165) is 31.2 Å². The number of anilines is 1. The number of benzene rings is 1. The van der Waals surface area contributed by atoms with Gasteiger partial charge < -0.3 is 36.2 Å². The second-order valence-electron chi connectivity index (χ2n) is 12.1. The fraction of sp³-hybridized carbons (Fsp3) is 0.645. The summed E-state index contributed by atoms with van der Waals surface area (Å²) >= 11 is 0. The van der Waals surface area contributed by atoms with Crippen molar-refractivity contribution >= 4 is 45.4 Å². The average Bonchev–Trinajstić information content (AvgIpc) is 3.39. The Hall–Kier alpha value is -3.97. The fourth-order valence-corrected chi connectivity index (χ4v) is 6.70. The number of ether oxygens (including phenoxy) is 1. The van der Waals surface area contributed by atoms with Gasteiger partial charge in [0.15, 0.2) is 0 Å². The van der Waals surface area contributed by atoms with Crippen molar-refractivity contribution in [1.29, 1.82) is 0 Å². The fourth-order valence-electron chi connectivity index (χ4n) is 5.70. The van der Waals surface area contributed by atoms with Crippen LogP contribution in [0.2, 0.25) is 0 Å². The Kier molecular flexibility index (Phi) is 15.9. The second-order valence-corrected chi connectivity index (χ2v) is 14.0. The Balaban J connectivity index is 0.00000112. The standard InChI is InChI=1S/C29H45N5O8S.C2HF3O2/c1-3-4-5-6-7-12-26(37)42-19-23(32-27(38)22(18-35)31-25(36)17-30)28(39)33-15-13-29(14-16-33)20-34(43(2,40)41)24-11-9-8-10-21(24)29;3-2(4,5)1(6)7/h8-11,22-23,35H,3-7,12-20,30H2,1-2H3,(H,31,36)(H,32,38);(H,6,7)/t22-,23+;/m0./s1. The Morgan fingerprint density at radius 1 is 1.02 bits per heavy atom. The van der Waals surface area contributed by atoms with E-state index in [1.165, 1.54) is 10.6 Å². The van der Waals surface area contributed by atoms with Gasteiger partial charge in [-0.15, -0.1) is 0 Å². The number of hydrogen-bond donors (Lipinski definition) is 5. The number of para-hydroxylation sites is 1. The van der Waals surface area contributed by atoms with E-state index in [9.17, 15) is 45.9 Å². The number of hydrogen-bond acceptors (Lipinski definition) is 10. The number of carbonyl (C=O) groups excluding carboxylic acids is 4. The van der Waals surface area contributed by atoms with E-state index in [1.807, 2.05) is 12.1 Å². The summed E-state index contributed by atoms with van der Waals surface area (Å²) in [5.74, 6) is -5.20. The summed E-state index contributed by atoms with van der Waals surface area (Å²) < 4.78 is 63.6. The van der Waals surface area contributed by atoms with E-state index in [1.54, 1.807) is 17.0 Å². The molecule has 3 amide bonds. The van der Waals surface area contributed by atoms with Crippen LogP contribution in [0, 0.1) is 0 Å². The van der Waals surface area contributed by atoms with E-state index in [2.05, 4.69) is 17.6 Å². The van der Waals surface area contributed by atoms with Crippen LogP contribution in [-0.2, 0) is 44.1 Å². The molecule has 0 radical (unpaired) electrons. The molecule has 0 bridgehead atoms. The lowest BCUT2D eigenvalue weighted by Gasteiger charge is -2.41. The highest BCUT2D eigenvalue weighted by Gasteiger charge is 2.48. The summed E-state index contributed by atoms with van der Waals surface area (Å²) in [7, 11) is -3.50. The Morgan fingerprint density at radius 2 is 1.62 bits per heavy atom. The quantitative estimate of drug-likeness (QED) is 0.125. The number of halogens is 3. The first-order valence-corrected chi connectivity index (χ1v) is 18.0. The van der Waals surface area contributed by atoms with Gasteiger partial charge in [0.2, 0.25) is 27.7 Å². The number of nitrogens with two attached hydrogens (primary N) is 1. The molecule has 0 unspecified atom stereocenters. The number of alkyl halides is 3. The van der Waals surface area contributed by atoms with Crippen LogP contribution in [0.25, 0.3) is 0 Å². The Labute approximate surface area is 288 Å². The average molecular weight is 738 g/mol. The van der Waals surface area contributed by atoms with Crippen molar-refractivity contribution in [3.63, 3.8) is 0 Å². The molecule has 1 aromatic carbocycles. The summed E-state index contributed by atoms with van der Waals surface area (Å²) in [4.78, 5) is 61.2. The molecule has 15 nitrogen and oxygen atoms in total. The van der Waals surface area contributed by atoms with E-state index in [-0.39, 0.29) is 26.1 Å². The summed E-state index contributed by atoms with van der Waals surface area (Å²) in [5, 5.41) is 21.6. The molecule has 1 saturated heterocycles. The van der Waals surface area contributed by atoms with Crippen molar-refractivity contribution in [1.82, 2.24) is 15.5 Å². The van der Waals surface area contributed by atoms with Crippen molar-refractivity contribution in [3.05, 3.63) is 29.8 Å². The summed E-state index contributed by atoms with van der Waals surface area (Å²) in [6, 6.07) is 4.78. The molecule has 3 rings (SSSR count). The smallest absolute Gasteiger partial charge is 0.475 e. The molecule has 1 aromatic rings. The number of amides is 3. The molecule has 0 aliphatic carbocycles. The van der Waals surface area contributed by atoms with Gasteiger partial charge in [0.25, 0.3) is 0 Å². The normalized spacial score (nSPS) is 16.4. The lowest BCUT2D eigenvalue weighted by atomic mass is 9.74. The monoisotopic (exact) mass is 737 g/mol. The number of carboxylic acid groups (broad SMARTS) is 1. The zero-order valence-corrected chi connectivity index (χ0v) is 28.9. The van der Waals surface area contributed by atoms with Crippen molar-refractivity contribution in [3.8, 4) is 0 Å². The maximum atomic E-state index is 13.7. The van der Waals surface area contributed by atoms with Crippen LogP contribution in [0.5, 0.6) is 0 Å². The molecule has 0 aromatic heterocycles. The number of aliphatic carboxylic acids is 1. The molecule has 2 atom stereocenters. The Morgan fingerprint density at radius 3 is 2.16 bits per heavy atom. The number of carboxylic acids is 1. The molecular weight excluding hydrogens is 691 g/mol. The van der Waals surface area contributed by atoms with Crippen molar-refractivity contribution in [2.45, 2.75) is 82.0 Å². The van der Waals surface area contributed by atoms with Gasteiger partial charge in [-0.05, 0) is 30.9 Å². The molecule has 1 fully saturated rings. The summed E-state index contributed by atoms with van der Waals surface area (Å²) in [5.41, 5.74) is 6.40. The molecule has 2 heterocycles. The number of esters is 1. The molecule has 0 saturated carbocycles. The van der Waals surface area contributed by atoms with Crippen LogP contribution >= 0.6 is 0 Å². The SMILES string of the molecule is CCCCCCCC(=O)OC[C@@H](NC(=O)[C@H](CO)NC(=O)CN)C(=O)N1CCC2(CC1)CN(S(C)(=O)=O)c1ccccc12.O=C(O)C(F)(F)F. The lowest BCUT2D eigenvalue weighted by Crippen LogP contribution is -2.59. The van der Waals surface area contributed by atoms with Crippen molar-refractivity contribution in [2.24, 2.45) is 5.73 Å². The number of aliphatic hydroxyl groups excluding tert-OH is 1. The van der Waals surface area contributed by atoms with Crippen molar-refractivity contribution in [2.75, 3.05) is 50.0 Å². The van der Waals surface area contributed by atoms with Gasteiger partial charge in [-0.1, -0.05) is 50.8 Å². The number of fused-ring (bicyclic) bond motifs is 2. The molecule has 2 aliphatic heterocycles. The van der Waals surface area contributed by atoms with Gasteiger partial charge in [0, 0.05) is 31.5 Å². The van der Waals surface area contributed by atoms with E-state index in [4.69, 9.17) is 20.4 Å². The third kappa shape index (κ3) is 12.1. The summed E-state index contributed by atoms with van der Waals surface area (Å²) in [6.07, 6.45) is 1.98. The number of likely N-dealkylation sites (tertiary alicyclic amines) is 1. The van der Waals surface area contributed by atoms with Crippen LogP contribution in [-0.4, -0.2) is 117 Å². The largest absolute Gasteiger partial charge is 0.490 e. The number of piperidine rings is 1. The zero-order valence-electron chi connectivity index (χ0n) is 28.0. The minimum Gasteiger partial charge on any atom is -0.475 e. The first-order chi connectivity index (χ1) is 23.4. The molecule has 1 spiro atoms. The number of nitrogens with zero attached hydrogens (tertiary/aromatic N) is 2. The first-order valence-electron chi connectivity index (χ1n) is 16.1. The highest BCUT2D eigenvalue weighted by atomic mass is 32.2. The van der Waals surface area contributed by atoms with Gasteiger partial charge in [-0.2, -0.15) is 13.2 Å². The topological polar surface area (TPSA) is 226 Å². The van der Waals surface area contributed by atoms with Crippen molar-refractivity contribution < 1.29 is 60.5 Å². The second kappa shape index (κ2) is 18.9. The minimum absolute atomic E-state index is 0.187. The minimum atomic E-state index is -5.08. The third-order valence-electron chi connectivity index (χ3n) is 8.40. The van der Waals surface area contributed by atoms with Gasteiger partial charge in [0.1, 0.15) is 18.7 Å². The zero-order chi connectivity index (χ0) is 37.7. The first kappa shape index (κ1) is 42.2. The maximum Gasteiger partial charge on any atom is 0.490 e. The van der Waals surface area contributed by atoms with Crippen LogP contribution in [0.4, 0.5) is 18.9 Å². The molecule has 2 aliphatic rings. The van der Waals surface area contributed by atoms with Gasteiger partial charge >= 0.3 is 18.1 Å². The number of rotatable bonds is 15. The number of aliphatic hydroxyl groups is 1. The number of carbonyl (C=O) groups is 5. The summed E-state index contributed by atoms with van der Waals surface area (Å²) in [6.45, 7) is 1.43. The molecule has 19 heteroatoms. The number of sulfonamides is 1. The van der Waals surface area contributed by atoms with Crippen LogP contribution in [0.15, 0.2) is 24.3 Å². The van der Waals surface area contributed by atoms with E-state index < -0.39 is 83.1 Å². The number of unbranched alkanes of at least 4 members (excludes halogenated alkanes) is 4. The van der Waals surface area contributed by atoms with Gasteiger partial charge in [0.05, 0.1) is 25.1 Å². The van der Waals surface area contributed by atoms with Crippen LogP contribution < -0.4 is 20.7 Å². The van der Waals surface area contributed by atoms with E-state index >= 15 is 0 Å². The predicted octanol–water partition coefficient (Wildman–Crippen LogP) is 0.784. The molecule has 282 valence electrons. The van der Waals surface area contributed by atoms with Gasteiger partial charge in [-0.25, -0.2) is 13.2 Å². The molecule has 50 heavy (non-hydrogen) atoms. The highest BCUT2D eigenvalue weighted by molar-refractivity contribution is 7.92. The molecular formula is C31H46F3N5O10S. The highest BCUT2D eigenvalue weighted by Crippen LogP contribution is 2.47. The van der Waals surface area contributed by atoms with E-state index in [0.29, 0.717) is 24.9 Å².